The third kappa shape index (κ3) is 3.90. The van der Waals surface area contributed by atoms with Gasteiger partial charge in [-0.15, -0.1) is 0 Å². The summed E-state index contributed by atoms with van der Waals surface area (Å²) >= 11 is 4.63. The number of rotatable bonds is 6. The van der Waals surface area contributed by atoms with Gasteiger partial charge in [-0.2, -0.15) is 0 Å². The molecule has 0 fully saturated rings. The van der Waals surface area contributed by atoms with Gasteiger partial charge in [0.05, 0.1) is 6.61 Å². The van der Waals surface area contributed by atoms with Gasteiger partial charge in [0.25, 0.3) is 0 Å². The molecule has 0 saturated carbocycles. The minimum atomic E-state index is -0.829. The molecule has 0 spiro atoms. The smallest absolute Gasteiger partial charge is 0.190 e. The molecule has 0 aromatic heterocycles. The molecule has 0 aliphatic rings. The van der Waals surface area contributed by atoms with E-state index in [4.69, 9.17) is 15.2 Å². The van der Waals surface area contributed by atoms with Gasteiger partial charge >= 0.3 is 0 Å². The van der Waals surface area contributed by atoms with Crippen LogP contribution in [0.2, 0.25) is 0 Å². The summed E-state index contributed by atoms with van der Waals surface area (Å²) in [5.74, 6) is -2.10. The Morgan fingerprint density at radius 3 is 2.35 bits per heavy atom. The van der Waals surface area contributed by atoms with Gasteiger partial charge in [-0.05, 0) is 19.1 Å². The molecule has 0 saturated heterocycles. The van der Waals surface area contributed by atoms with E-state index in [0.717, 1.165) is 12.1 Å². The number of hydrogen-bond donors (Lipinski definition) is 1. The van der Waals surface area contributed by atoms with E-state index in [-0.39, 0.29) is 23.8 Å². The molecule has 0 aliphatic heterocycles. The molecular formula is C11H13F2NO2S. The van der Waals surface area contributed by atoms with Crippen LogP contribution in [0.5, 0.6) is 5.75 Å². The summed E-state index contributed by atoms with van der Waals surface area (Å²) in [6.07, 6.45) is 0. The van der Waals surface area contributed by atoms with Crippen LogP contribution >= 0.6 is 12.2 Å². The summed E-state index contributed by atoms with van der Waals surface area (Å²) in [6, 6.07) is 2.09. The van der Waals surface area contributed by atoms with E-state index in [2.05, 4.69) is 12.2 Å². The largest absolute Gasteiger partial charge is 0.485 e. The maximum Gasteiger partial charge on any atom is 0.190 e. The fraction of sp³-hybridized carbons (Fsp3) is 0.364. The first-order valence-electron chi connectivity index (χ1n) is 5.05. The SMILES string of the molecule is CCOCCOc1c(F)cc(C(N)=S)cc1F. The lowest BCUT2D eigenvalue weighted by molar-refractivity contribution is 0.107. The molecule has 3 nitrogen and oxygen atoms in total. The van der Waals surface area contributed by atoms with Gasteiger partial charge in [-0.3, -0.25) is 0 Å². The Bertz CT molecular complexity index is 389. The first kappa shape index (κ1) is 13.8. The van der Waals surface area contributed by atoms with Crippen molar-refractivity contribution in [3.8, 4) is 5.75 Å². The monoisotopic (exact) mass is 261 g/mol. The topological polar surface area (TPSA) is 44.5 Å². The second-order valence-corrected chi connectivity index (χ2v) is 3.62. The van der Waals surface area contributed by atoms with Gasteiger partial charge in [0, 0.05) is 12.2 Å². The van der Waals surface area contributed by atoms with E-state index in [1.165, 1.54) is 0 Å². The summed E-state index contributed by atoms with van der Waals surface area (Å²) in [5.41, 5.74) is 5.41. The molecule has 0 aliphatic carbocycles. The van der Waals surface area contributed by atoms with Gasteiger partial charge < -0.3 is 15.2 Å². The Hall–Kier alpha value is -1.27. The quantitative estimate of drug-likeness (QED) is 0.628. The van der Waals surface area contributed by atoms with Gasteiger partial charge in [0.15, 0.2) is 17.4 Å². The highest BCUT2D eigenvalue weighted by Gasteiger charge is 2.13. The van der Waals surface area contributed by atoms with Crippen molar-refractivity contribution in [2.75, 3.05) is 19.8 Å². The van der Waals surface area contributed by atoms with Crippen LogP contribution in [-0.2, 0) is 4.74 Å². The molecule has 1 aromatic carbocycles. The Morgan fingerprint density at radius 2 is 1.88 bits per heavy atom. The van der Waals surface area contributed by atoms with Gasteiger partial charge in [-0.1, -0.05) is 12.2 Å². The van der Waals surface area contributed by atoms with Gasteiger partial charge in [0.2, 0.25) is 0 Å². The predicted octanol–water partition coefficient (Wildman–Crippen LogP) is 2.01. The van der Waals surface area contributed by atoms with Gasteiger partial charge in [-0.25, -0.2) is 8.78 Å². The number of halogens is 2. The highest BCUT2D eigenvalue weighted by Crippen LogP contribution is 2.23. The molecule has 1 rings (SSSR count). The summed E-state index contributed by atoms with van der Waals surface area (Å²) in [6.45, 7) is 2.69. The van der Waals surface area contributed by atoms with Crippen LogP contribution in [0.15, 0.2) is 12.1 Å². The zero-order valence-electron chi connectivity index (χ0n) is 9.33. The lowest BCUT2D eigenvalue weighted by Crippen LogP contribution is -2.12. The first-order valence-corrected chi connectivity index (χ1v) is 5.46. The second-order valence-electron chi connectivity index (χ2n) is 3.18. The third-order valence-corrected chi connectivity index (χ3v) is 2.20. The van der Waals surface area contributed by atoms with Crippen molar-refractivity contribution in [3.63, 3.8) is 0 Å². The molecule has 0 atom stereocenters. The maximum atomic E-state index is 13.5. The molecule has 17 heavy (non-hydrogen) atoms. The standard InChI is InChI=1S/C11H13F2NO2S/c1-2-15-3-4-16-10-8(12)5-7(11(14)17)6-9(10)13/h5-6H,2-4H2,1H3,(H2,14,17). The van der Waals surface area contributed by atoms with E-state index in [1.807, 2.05) is 6.92 Å². The lowest BCUT2D eigenvalue weighted by atomic mass is 10.2. The van der Waals surface area contributed by atoms with Crippen LogP contribution in [-0.4, -0.2) is 24.8 Å². The molecule has 0 unspecified atom stereocenters. The third-order valence-electron chi connectivity index (χ3n) is 1.96. The number of nitrogens with two attached hydrogens (primary N) is 1. The van der Waals surface area contributed by atoms with Gasteiger partial charge in [0.1, 0.15) is 11.6 Å². The fourth-order valence-electron chi connectivity index (χ4n) is 1.19. The maximum absolute atomic E-state index is 13.5. The summed E-state index contributed by atoms with van der Waals surface area (Å²) < 4.78 is 36.9. The van der Waals surface area contributed by atoms with Crippen LogP contribution in [0, 0.1) is 11.6 Å². The van der Waals surface area contributed by atoms with Crippen molar-refractivity contribution < 1.29 is 18.3 Å². The summed E-state index contributed by atoms with van der Waals surface area (Å²) in [5, 5.41) is 0. The van der Waals surface area contributed by atoms with Crippen molar-refractivity contribution in [2.24, 2.45) is 5.73 Å². The molecule has 6 heteroatoms. The Labute approximate surface area is 104 Å². The number of benzene rings is 1. The predicted molar refractivity (Wildman–Crippen MR) is 64.2 cm³/mol. The average molecular weight is 261 g/mol. The van der Waals surface area contributed by atoms with Crippen molar-refractivity contribution in [3.05, 3.63) is 29.3 Å². The minimum Gasteiger partial charge on any atom is -0.485 e. The Kier molecular flexibility index (Phi) is 5.24. The Balaban J connectivity index is 2.76. The highest BCUT2D eigenvalue weighted by atomic mass is 32.1. The first-order chi connectivity index (χ1) is 8.06. The van der Waals surface area contributed by atoms with Crippen LogP contribution < -0.4 is 10.5 Å². The zero-order chi connectivity index (χ0) is 12.8. The molecule has 2 N–H and O–H groups in total. The average Bonchev–Trinajstić information content (AvgIpc) is 2.26. The summed E-state index contributed by atoms with van der Waals surface area (Å²) in [4.78, 5) is -0.0660. The fourth-order valence-corrected chi connectivity index (χ4v) is 1.30. The second kappa shape index (κ2) is 6.46. The molecule has 0 radical (unpaired) electrons. The van der Waals surface area contributed by atoms with E-state index in [1.54, 1.807) is 0 Å². The van der Waals surface area contributed by atoms with E-state index < -0.39 is 17.4 Å². The van der Waals surface area contributed by atoms with Crippen molar-refractivity contribution in [2.45, 2.75) is 6.92 Å². The van der Waals surface area contributed by atoms with Crippen molar-refractivity contribution in [1.29, 1.82) is 0 Å². The lowest BCUT2D eigenvalue weighted by Gasteiger charge is -2.09. The molecule has 1 aromatic rings. The number of hydrogen-bond acceptors (Lipinski definition) is 3. The Morgan fingerprint density at radius 1 is 1.29 bits per heavy atom. The minimum absolute atomic E-state index is 0.0660. The molecule has 0 amide bonds. The molecule has 94 valence electrons. The van der Waals surface area contributed by atoms with Crippen LogP contribution in [0.25, 0.3) is 0 Å². The van der Waals surface area contributed by atoms with E-state index in [0.29, 0.717) is 6.61 Å². The van der Waals surface area contributed by atoms with Crippen LogP contribution in [0.3, 0.4) is 0 Å². The van der Waals surface area contributed by atoms with E-state index >= 15 is 0 Å². The normalized spacial score (nSPS) is 10.3. The van der Waals surface area contributed by atoms with Crippen molar-refractivity contribution >= 4 is 17.2 Å². The summed E-state index contributed by atoms with van der Waals surface area (Å²) in [7, 11) is 0. The van der Waals surface area contributed by atoms with Crippen LogP contribution in [0.4, 0.5) is 8.78 Å². The molecule has 0 heterocycles. The molecule has 0 bridgehead atoms. The van der Waals surface area contributed by atoms with Crippen molar-refractivity contribution in [1.82, 2.24) is 0 Å². The highest BCUT2D eigenvalue weighted by molar-refractivity contribution is 7.80. The number of ether oxygens (including phenoxy) is 2. The zero-order valence-corrected chi connectivity index (χ0v) is 10.2. The van der Waals surface area contributed by atoms with E-state index in [9.17, 15) is 8.78 Å². The molecular weight excluding hydrogens is 248 g/mol. The van der Waals surface area contributed by atoms with Crippen LogP contribution in [0.1, 0.15) is 12.5 Å². The number of thiocarbonyl (C=S) groups is 1.